The molecular formula is C15H14O3. The molecule has 0 atom stereocenters. The molecule has 0 spiro atoms. The molecule has 0 aliphatic carbocycles. The summed E-state index contributed by atoms with van der Waals surface area (Å²) in [5.41, 5.74) is 0.669. The molecule has 0 radical (unpaired) electrons. The lowest BCUT2D eigenvalue weighted by atomic mass is 10.1. The topological polar surface area (TPSA) is 46.5 Å². The molecule has 0 bridgehead atoms. The van der Waals surface area contributed by atoms with E-state index in [0.717, 1.165) is 0 Å². The molecule has 3 heteroatoms. The second-order valence-electron chi connectivity index (χ2n) is 3.87. The zero-order chi connectivity index (χ0) is 13.0. The Kier molecular flexibility index (Phi) is 3.63. The fraction of sp³-hybridized carbons (Fsp3) is 0.133. The van der Waals surface area contributed by atoms with E-state index >= 15 is 0 Å². The van der Waals surface area contributed by atoms with Gasteiger partial charge in [0.25, 0.3) is 0 Å². The van der Waals surface area contributed by atoms with Crippen molar-refractivity contribution >= 4 is 5.78 Å². The van der Waals surface area contributed by atoms with E-state index < -0.39 is 0 Å². The number of phenolic OH excluding ortho intramolecular Hbond substituents is 1. The van der Waals surface area contributed by atoms with E-state index in [0.29, 0.717) is 23.5 Å². The molecule has 0 saturated heterocycles. The van der Waals surface area contributed by atoms with Crippen LogP contribution in [0.5, 0.6) is 17.2 Å². The quantitative estimate of drug-likeness (QED) is 0.830. The molecule has 0 saturated carbocycles. The van der Waals surface area contributed by atoms with Gasteiger partial charge in [-0.05, 0) is 36.4 Å². The van der Waals surface area contributed by atoms with Crippen LogP contribution in [0.25, 0.3) is 0 Å². The number of hydrogen-bond donors (Lipinski definition) is 1. The van der Waals surface area contributed by atoms with E-state index in [2.05, 4.69) is 0 Å². The second-order valence-corrected chi connectivity index (χ2v) is 3.87. The number of hydrogen-bond acceptors (Lipinski definition) is 3. The van der Waals surface area contributed by atoms with Crippen LogP contribution >= 0.6 is 0 Å². The van der Waals surface area contributed by atoms with Crippen molar-refractivity contribution in [1.29, 1.82) is 0 Å². The van der Waals surface area contributed by atoms with E-state index in [4.69, 9.17) is 4.74 Å². The van der Waals surface area contributed by atoms with Gasteiger partial charge in [0, 0.05) is 12.0 Å². The molecule has 2 aromatic carbocycles. The van der Waals surface area contributed by atoms with Gasteiger partial charge in [-0.1, -0.05) is 19.1 Å². The van der Waals surface area contributed by atoms with Crippen LogP contribution in [-0.4, -0.2) is 10.9 Å². The van der Waals surface area contributed by atoms with Crippen molar-refractivity contribution in [2.24, 2.45) is 0 Å². The number of para-hydroxylation sites is 2. The van der Waals surface area contributed by atoms with Crippen LogP contribution in [0, 0.1) is 0 Å². The summed E-state index contributed by atoms with van der Waals surface area (Å²) < 4.78 is 5.52. The Balaban J connectivity index is 2.16. The van der Waals surface area contributed by atoms with Crippen molar-refractivity contribution in [3.8, 4) is 17.2 Å². The van der Waals surface area contributed by atoms with Crippen molar-refractivity contribution in [3.05, 3.63) is 54.1 Å². The Labute approximate surface area is 106 Å². The molecule has 92 valence electrons. The minimum absolute atomic E-state index is 0.0891. The Bertz CT molecular complexity index is 544. The first-order valence-corrected chi connectivity index (χ1v) is 5.80. The normalized spacial score (nSPS) is 10.1. The number of aromatic hydroxyl groups is 1. The first kappa shape index (κ1) is 12.2. The SMILES string of the molecule is CCC(=O)c1ccc(Oc2ccccc2O)cc1. The van der Waals surface area contributed by atoms with Crippen molar-refractivity contribution < 1.29 is 14.6 Å². The lowest BCUT2D eigenvalue weighted by Gasteiger charge is -2.07. The van der Waals surface area contributed by atoms with Crippen molar-refractivity contribution in [1.82, 2.24) is 0 Å². The van der Waals surface area contributed by atoms with Crippen LogP contribution < -0.4 is 4.74 Å². The average molecular weight is 242 g/mol. The number of ether oxygens (including phenoxy) is 1. The van der Waals surface area contributed by atoms with Gasteiger partial charge in [0.2, 0.25) is 0 Å². The van der Waals surface area contributed by atoms with Gasteiger partial charge in [-0.3, -0.25) is 4.79 Å². The van der Waals surface area contributed by atoms with Gasteiger partial charge in [-0.15, -0.1) is 0 Å². The first-order valence-electron chi connectivity index (χ1n) is 5.80. The van der Waals surface area contributed by atoms with Crippen LogP contribution in [0.2, 0.25) is 0 Å². The standard InChI is InChI=1S/C15H14O3/c1-2-13(16)11-7-9-12(10-8-11)18-15-6-4-3-5-14(15)17/h3-10,17H,2H2,1H3. The van der Waals surface area contributed by atoms with E-state index in [-0.39, 0.29) is 11.5 Å². The highest BCUT2D eigenvalue weighted by atomic mass is 16.5. The van der Waals surface area contributed by atoms with Gasteiger partial charge < -0.3 is 9.84 Å². The third-order valence-corrected chi connectivity index (χ3v) is 2.59. The van der Waals surface area contributed by atoms with E-state index in [9.17, 15) is 9.90 Å². The van der Waals surface area contributed by atoms with Gasteiger partial charge in [0.15, 0.2) is 17.3 Å². The Morgan fingerprint density at radius 3 is 2.39 bits per heavy atom. The largest absolute Gasteiger partial charge is 0.504 e. The molecule has 18 heavy (non-hydrogen) atoms. The van der Waals surface area contributed by atoms with Crippen molar-refractivity contribution in [3.63, 3.8) is 0 Å². The molecule has 0 amide bonds. The summed E-state index contributed by atoms with van der Waals surface area (Å²) >= 11 is 0. The summed E-state index contributed by atoms with van der Waals surface area (Å²) in [5.74, 6) is 1.17. The molecule has 3 nitrogen and oxygen atoms in total. The number of rotatable bonds is 4. The highest BCUT2D eigenvalue weighted by molar-refractivity contribution is 5.95. The molecular weight excluding hydrogens is 228 g/mol. The summed E-state index contributed by atoms with van der Waals surface area (Å²) in [6.07, 6.45) is 0.486. The fourth-order valence-electron chi connectivity index (χ4n) is 1.58. The van der Waals surface area contributed by atoms with Crippen LogP contribution in [0.15, 0.2) is 48.5 Å². The summed E-state index contributed by atoms with van der Waals surface area (Å²) in [4.78, 5) is 11.5. The molecule has 2 aromatic rings. The van der Waals surface area contributed by atoms with Crippen LogP contribution in [0.4, 0.5) is 0 Å². The predicted molar refractivity (Wildman–Crippen MR) is 69.2 cm³/mol. The summed E-state index contributed by atoms with van der Waals surface area (Å²) in [6, 6.07) is 13.6. The van der Waals surface area contributed by atoms with Gasteiger partial charge in [-0.2, -0.15) is 0 Å². The molecule has 0 aliphatic rings. The summed E-state index contributed by atoms with van der Waals surface area (Å²) in [6.45, 7) is 1.83. The third kappa shape index (κ3) is 2.69. The van der Waals surface area contributed by atoms with E-state index in [1.54, 1.807) is 48.5 Å². The number of benzene rings is 2. The van der Waals surface area contributed by atoms with Crippen LogP contribution in [0.3, 0.4) is 0 Å². The smallest absolute Gasteiger partial charge is 0.169 e. The first-order chi connectivity index (χ1) is 8.70. The van der Waals surface area contributed by atoms with Crippen LogP contribution in [-0.2, 0) is 0 Å². The van der Waals surface area contributed by atoms with Crippen LogP contribution in [0.1, 0.15) is 23.7 Å². The van der Waals surface area contributed by atoms with E-state index in [1.165, 1.54) is 0 Å². The molecule has 0 aliphatic heterocycles. The minimum atomic E-state index is 0.0891. The average Bonchev–Trinajstić information content (AvgIpc) is 2.41. The number of Topliss-reactive ketones (excluding diaryl/α,β-unsaturated/α-hetero) is 1. The lowest BCUT2D eigenvalue weighted by Crippen LogP contribution is -1.95. The monoisotopic (exact) mass is 242 g/mol. The zero-order valence-corrected chi connectivity index (χ0v) is 10.1. The van der Waals surface area contributed by atoms with Gasteiger partial charge in [0.05, 0.1) is 0 Å². The maximum absolute atomic E-state index is 11.5. The van der Waals surface area contributed by atoms with Crippen molar-refractivity contribution in [2.75, 3.05) is 0 Å². The maximum atomic E-state index is 11.5. The summed E-state index contributed by atoms with van der Waals surface area (Å²) in [7, 11) is 0. The van der Waals surface area contributed by atoms with Gasteiger partial charge in [-0.25, -0.2) is 0 Å². The second kappa shape index (κ2) is 5.36. The molecule has 0 aromatic heterocycles. The lowest BCUT2D eigenvalue weighted by molar-refractivity contribution is 0.0988. The molecule has 1 N–H and O–H groups in total. The van der Waals surface area contributed by atoms with Gasteiger partial charge >= 0.3 is 0 Å². The molecule has 0 unspecified atom stereocenters. The molecule has 0 fully saturated rings. The third-order valence-electron chi connectivity index (χ3n) is 2.59. The molecule has 0 heterocycles. The summed E-state index contributed by atoms with van der Waals surface area (Å²) in [5, 5.41) is 9.57. The highest BCUT2D eigenvalue weighted by Crippen LogP contribution is 2.29. The molecule has 2 rings (SSSR count). The maximum Gasteiger partial charge on any atom is 0.169 e. The number of ketones is 1. The van der Waals surface area contributed by atoms with Gasteiger partial charge in [0.1, 0.15) is 5.75 Å². The predicted octanol–water partition coefficient (Wildman–Crippen LogP) is 3.78. The highest BCUT2D eigenvalue weighted by Gasteiger charge is 2.05. The Hall–Kier alpha value is -2.29. The number of carbonyl (C=O) groups excluding carboxylic acids is 1. The van der Waals surface area contributed by atoms with Crippen molar-refractivity contribution in [2.45, 2.75) is 13.3 Å². The Morgan fingerprint density at radius 1 is 1.11 bits per heavy atom. The number of phenols is 1. The minimum Gasteiger partial charge on any atom is -0.504 e. The fourth-order valence-corrected chi connectivity index (χ4v) is 1.58. The Morgan fingerprint density at radius 2 is 1.78 bits per heavy atom. The zero-order valence-electron chi connectivity index (χ0n) is 10.1. The number of carbonyl (C=O) groups is 1. The van der Waals surface area contributed by atoms with E-state index in [1.807, 2.05) is 6.92 Å².